The van der Waals surface area contributed by atoms with Crippen LogP contribution in [0.25, 0.3) is 0 Å². The second-order valence-corrected chi connectivity index (χ2v) is 6.08. The van der Waals surface area contributed by atoms with Crippen LogP contribution in [0, 0.1) is 3.57 Å². The molecule has 15 heavy (non-hydrogen) atoms. The quantitative estimate of drug-likeness (QED) is 0.496. The third-order valence-corrected chi connectivity index (χ3v) is 4.78. The van der Waals surface area contributed by atoms with Gasteiger partial charge in [0.15, 0.2) is 0 Å². The fourth-order valence-electron chi connectivity index (χ4n) is 1.27. The van der Waals surface area contributed by atoms with Gasteiger partial charge in [-0.3, -0.25) is 0 Å². The van der Waals surface area contributed by atoms with E-state index in [1.807, 2.05) is 35.7 Å². The highest BCUT2D eigenvalue weighted by Gasteiger charge is 2.15. The van der Waals surface area contributed by atoms with Crippen molar-refractivity contribution in [2.75, 3.05) is 0 Å². The number of thiophene rings is 1. The molecule has 0 fully saturated rings. The normalized spacial score (nSPS) is 12.7. The van der Waals surface area contributed by atoms with Crippen LogP contribution in [0.3, 0.4) is 0 Å². The first-order valence-corrected chi connectivity index (χ1v) is 7.08. The third kappa shape index (κ3) is 2.67. The second kappa shape index (κ2) is 5.04. The van der Waals surface area contributed by atoms with Crippen LogP contribution in [-0.4, -0.2) is 0 Å². The molecule has 0 aliphatic heterocycles. The van der Waals surface area contributed by atoms with Crippen LogP contribution < -0.4 is 0 Å². The van der Waals surface area contributed by atoms with Crippen LogP contribution in [0.1, 0.15) is 15.8 Å². The molecule has 0 bridgehead atoms. The molecule has 4 heteroatoms. The summed E-state index contributed by atoms with van der Waals surface area (Å²) in [7, 11) is 0. The molecule has 1 atom stereocenters. The molecule has 0 aliphatic carbocycles. The van der Waals surface area contributed by atoms with Gasteiger partial charge in [0.1, 0.15) is 0 Å². The van der Waals surface area contributed by atoms with Crippen LogP contribution in [0.15, 0.2) is 35.7 Å². The molecule has 0 aliphatic rings. The van der Waals surface area contributed by atoms with Gasteiger partial charge < -0.3 is 0 Å². The molecule has 1 unspecified atom stereocenters. The first-order chi connectivity index (χ1) is 7.18. The SMILES string of the molecule is Clc1ccsc1C(Cl)c1ccc(I)cc1. The monoisotopic (exact) mass is 368 g/mol. The van der Waals surface area contributed by atoms with Crippen molar-refractivity contribution in [3.05, 3.63) is 54.7 Å². The highest BCUT2D eigenvalue weighted by atomic mass is 127. The highest BCUT2D eigenvalue weighted by Crippen LogP contribution is 2.37. The van der Waals surface area contributed by atoms with Crippen LogP contribution in [0.5, 0.6) is 0 Å². The van der Waals surface area contributed by atoms with Gasteiger partial charge in [0.2, 0.25) is 0 Å². The van der Waals surface area contributed by atoms with Crippen molar-refractivity contribution in [3.63, 3.8) is 0 Å². The lowest BCUT2D eigenvalue weighted by atomic mass is 10.1. The average molecular weight is 369 g/mol. The summed E-state index contributed by atoms with van der Waals surface area (Å²) in [6, 6.07) is 10.0. The summed E-state index contributed by atoms with van der Waals surface area (Å²) in [6.07, 6.45) is 0. The van der Waals surface area contributed by atoms with E-state index in [9.17, 15) is 0 Å². The van der Waals surface area contributed by atoms with E-state index in [-0.39, 0.29) is 5.38 Å². The van der Waals surface area contributed by atoms with Crippen molar-refractivity contribution in [2.45, 2.75) is 5.38 Å². The van der Waals surface area contributed by atoms with Crippen LogP contribution >= 0.6 is 57.1 Å². The molecule has 0 saturated carbocycles. The molecular weight excluding hydrogens is 362 g/mol. The number of halogens is 3. The van der Waals surface area contributed by atoms with Gasteiger partial charge in [0, 0.05) is 8.45 Å². The molecule has 0 amide bonds. The fraction of sp³-hybridized carbons (Fsp3) is 0.0909. The zero-order valence-electron chi connectivity index (χ0n) is 7.58. The zero-order chi connectivity index (χ0) is 10.8. The van der Waals surface area contributed by atoms with E-state index < -0.39 is 0 Å². The van der Waals surface area contributed by atoms with Crippen LogP contribution in [0.4, 0.5) is 0 Å². The molecule has 2 aromatic rings. The Labute approximate surface area is 116 Å². The summed E-state index contributed by atoms with van der Waals surface area (Å²) in [5.41, 5.74) is 1.08. The lowest BCUT2D eigenvalue weighted by Crippen LogP contribution is -1.90. The molecule has 0 saturated heterocycles. The minimum absolute atomic E-state index is 0.144. The Hall–Kier alpha value is 0.230. The Morgan fingerprint density at radius 3 is 2.33 bits per heavy atom. The van der Waals surface area contributed by atoms with Gasteiger partial charge in [-0.2, -0.15) is 0 Å². The number of benzene rings is 1. The maximum atomic E-state index is 6.35. The van der Waals surface area contributed by atoms with Crippen molar-refractivity contribution in [1.82, 2.24) is 0 Å². The molecule has 2 rings (SSSR count). The molecular formula is C11H7Cl2IS. The van der Waals surface area contributed by atoms with Gasteiger partial charge in [-0.05, 0) is 51.7 Å². The maximum absolute atomic E-state index is 6.35. The fourth-order valence-corrected chi connectivity index (χ4v) is 3.27. The summed E-state index contributed by atoms with van der Waals surface area (Å²) in [5, 5.41) is 2.56. The smallest absolute Gasteiger partial charge is 0.0942 e. The Balaban J connectivity index is 2.32. The molecule has 0 N–H and O–H groups in total. The Bertz CT molecular complexity index is 450. The van der Waals surface area contributed by atoms with Gasteiger partial charge in [0.25, 0.3) is 0 Å². The number of hydrogen-bond donors (Lipinski definition) is 0. The van der Waals surface area contributed by atoms with Crippen molar-refractivity contribution in [3.8, 4) is 0 Å². The summed E-state index contributed by atoms with van der Waals surface area (Å²) in [5.74, 6) is 0. The second-order valence-electron chi connectivity index (χ2n) is 3.05. The number of alkyl halides is 1. The molecule has 1 heterocycles. The first kappa shape index (κ1) is 11.7. The van der Waals surface area contributed by atoms with Crippen molar-refractivity contribution < 1.29 is 0 Å². The Morgan fingerprint density at radius 1 is 1.13 bits per heavy atom. The van der Waals surface area contributed by atoms with Gasteiger partial charge in [-0.1, -0.05) is 23.7 Å². The molecule has 78 valence electrons. The summed E-state index contributed by atoms with van der Waals surface area (Å²) in [6.45, 7) is 0. The molecule has 0 radical (unpaired) electrons. The molecule has 1 aromatic carbocycles. The van der Waals surface area contributed by atoms with E-state index >= 15 is 0 Å². The largest absolute Gasteiger partial charge is 0.145 e. The van der Waals surface area contributed by atoms with Crippen LogP contribution in [0.2, 0.25) is 5.02 Å². The Kier molecular flexibility index (Phi) is 3.93. The van der Waals surface area contributed by atoms with Gasteiger partial charge in [-0.15, -0.1) is 22.9 Å². The zero-order valence-corrected chi connectivity index (χ0v) is 12.1. The average Bonchev–Trinajstić information content (AvgIpc) is 2.65. The van der Waals surface area contributed by atoms with E-state index in [1.165, 1.54) is 3.57 Å². The maximum Gasteiger partial charge on any atom is 0.0942 e. The summed E-state index contributed by atoms with van der Waals surface area (Å²) in [4.78, 5) is 1.01. The van der Waals surface area contributed by atoms with Gasteiger partial charge >= 0.3 is 0 Å². The molecule has 0 nitrogen and oxygen atoms in total. The van der Waals surface area contributed by atoms with Gasteiger partial charge in [0.05, 0.1) is 10.4 Å². The number of hydrogen-bond acceptors (Lipinski definition) is 1. The van der Waals surface area contributed by atoms with E-state index in [0.29, 0.717) is 0 Å². The van der Waals surface area contributed by atoms with E-state index in [2.05, 4.69) is 22.6 Å². The Morgan fingerprint density at radius 2 is 1.80 bits per heavy atom. The molecule has 1 aromatic heterocycles. The summed E-state index contributed by atoms with van der Waals surface area (Å²) >= 11 is 16.3. The predicted molar refractivity (Wildman–Crippen MR) is 76.2 cm³/mol. The number of rotatable bonds is 2. The minimum atomic E-state index is -0.144. The predicted octanol–water partition coefficient (Wildman–Crippen LogP) is 5.33. The highest BCUT2D eigenvalue weighted by molar-refractivity contribution is 14.1. The van der Waals surface area contributed by atoms with Crippen molar-refractivity contribution in [1.29, 1.82) is 0 Å². The van der Waals surface area contributed by atoms with Crippen molar-refractivity contribution in [2.24, 2.45) is 0 Å². The topological polar surface area (TPSA) is 0 Å². The molecule has 0 spiro atoms. The first-order valence-electron chi connectivity index (χ1n) is 4.31. The standard InChI is InChI=1S/C11H7Cl2IS/c12-9-5-6-15-11(9)10(13)7-1-3-8(14)4-2-7/h1-6,10H. The van der Waals surface area contributed by atoms with Crippen LogP contribution in [-0.2, 0) is 0 Å². The van der Waals surface area contributed by atoms with E-state index in [4.69, 9.17) is 23.2 Å². The third-order valence-electron chi connectivity index (χ3n) is 2.04. The lowest BCUT2D eigenvalue weighted by Gasteiger charge is -2.08. The summed E-state index contributed by atoms with van der Waals surface area (Å²) < 4.78 is 1.21. The van der Waals surface area contributed by atoms with E-state index in [1.54, 1.807) is 11.3 Å². The lowest BCUT2D eigenvalue weighted by molar-refractivity contribution is 1.18. The van der Waals surface area contributed by atoms with Gasteiger partial charge in [-0.25, -0.2) is 0 Å². The minimum Gasteiger partial charge on any atom is -0.145 e. The van der Waals surface area contributed by atoms with Crippen molar-refractivity contribution >= 4 is 57.1 Å². The van der Waals surface area contributed by atoms with E-state index in [0.717, 1.165) is 15.5 Å².